The van der Waals surface area contributed by atoms with Crippen molar-refractivity contribution in [1.29, 1.82) is 0 Å². The van der Waals surface area contributed by atoms with E-state index in [-0.39, 0.29) is 4.90 Å². The minimum atomic E-state index is -3.59. The second-order valence-electron chi connectivity index (χ2n) is 6.10. The highest BCUT2D eigenvalue weighted by molar-refractivity contribution is 7.89. The van der Waals surface area contributed by atoms with E-state index in [2.05, 4.69) is 4.72 Å². The molecule has 0 saturated heterocycles. The van der Waals surface area contributed by atoms with Gasteiger partial charge in [-0.3, -0.25) is 0 Å². The summed E-state index contributed by atoms with van der Waals surface area (Å²) in [6.45, 7) is 0.523. The predicted octanol–water partition coefficient (Wildman–Crippen LogP) is 1.99. The predicted molar refractivity (Wildman–Crippen MR) is 81.5 cm³/mol. The zero-order valence-electron chi connectivity index (χ0n) is 12.2. The molecule has 2 aliphatic carbocycles. The lowest BCUT2D eigenvalue weighted by Crippen LogP contribution is -2.31. The molecule has 0 bridgehead atoms. The van der Waals surface area contributed by atoms with Crippen LogP contribution in [0.2, 0.25) is 0 Å². The van der Waals surface area contributed by atoms with Gasteiger partial charge in [0.25, 0.3) is 0 Å². The number of nitrogens with two attached hydrogens (primary N) is 1. The molecule has 0 unspecified atom stereocenters. The van der Waals surface area contributed by atoms with Gasteiger partial charge < -0.3 is 10.5 Å². The number of hydrogen-bond acceptors (Lipinski definition) is 4. The van der Waals surface area contributed by atoms with E-state index in [1.165, 1.54) is 38.9 Å². The second kappa shape index (κ2) is 5.50. The van der Waals surface area contributed by atoms with Gasteiger partial charge in [-0.05, 0) is 61.6 Å². The molecular formula is C15H22N2O3S. The summed E-state index contributed by atoms with van der Waals surface area (Å²) < 4.78 is 32.9. The van der Waals surface area contributed by atoms with E-state index in [4.69, 9.17) is 10.5 Å². The number of nitrogen functional groups attached to an aromatic ring is 1. The summed E-state index contributed by atoms with van der Waals surface area (Å²) in [6.07, 6.45) is 4.96. The van der Waals surface area contributed by atoms with Gasteiger partial charge in [0.2, 0.25) is 10.0 Å². The lowest BCUT2D eigenvalue weighted by Gasteiger charge is -2.17. The molecule has 1 aromatic carbocycles. The quantitative estimate of drug-likeness (QED) is 0.755. The van der Waals surface area contributed by atoms with Crippen molar-refractivity contribution >= 4 is 15.7 Å². The maximum absolute atomic E-state index is 12.5. The van der Waals surface area contributed by atoms with Crippen molar-refractivity contribution in [1.82, 2.24) is 4.72 Å². The summed E-state index contributed by atoms with van der Waals surface area (Å²) in [6, 6.07) is 4.67. The molecule has 1 aromatic rings. The maximum atomic E-state index is 12.5. The van der Waals surface area contributed by atoms with Crippen LogP contribution in [0.25, 0.3) is 0 Å². The minimum Gasteiger partial charge on any atom is -0.495 e. The van der Waals surface area contributed by atoms with Gasteiger partial charge in [-0.15, -0.1) is 0 Å². The number of hydrogen-bond donors (Lipinski definition) is 2. The zero-order valence-corrected chi connectivity index (χ0v) is 13.0. The largest absolute Gasteiger partial charge is 0.495 e. The molecule has 3 N–H and O–H groups in total. The van der Waals surface area contributed by atoms with Crippen LogP contribution in [-0.2, 0) is 10.0 Å². The lowest BCUT2D eigenvalue weighted by atomic mass is 9.99. The molecule has 3 rings (SSSR count). The topological polar surface area (TPSA) is 81.4 Å². The second-order valence-corrected chi connectivity index (χ2v) is 7.84. The van der Waals surface area contributed by atoms with Crippen LogP contribution in [0.5, 0.6) is 5.75 Å². The summed E-state index contributed by atoms with van der Waals surface area (Å²) in [5.41, 5.74) is 6.12. The van der Waals surface area contributed by atoms with E-state index >= 15 is 0 Å². The molecule has 0 aliphatic heterocycles. The molecule has 2 fully saturated rings. The molecule has 2 saturated carbocycles. The SMILES string of the molecule is COc1ccc(N)cc1S(=O)(=O)NCC(C1CC1)C1CC1. The molecule has 0 atom stereocenters. The fraction of sp³-hybridized carbons (Fsp3) is 0.600. The first-order valence-electron chi connectivity index (χ1n) is 7.44. The Hall–Kier alpha value is -1.27. The first-order valence-corrected chi connectivity index (χ1v) is 8.93. The Kier molecular flexibility index (Phi) is 3.84. The Balaban J connectivity index is 1.75. The van der Waals surface area contributed by atoms with Gasteiger partial charge in [-0.2, -0.15) is 0 Å². The highest BCUT2D eigenvalue weighted by atomic mass is 32.2. The fourth-order valence-corrected chi connectivity index (χ4v) is 4.23. The highest BCUT2D eigenvalue weighted by Gasteiger charge is 2.41. The molecule has 0 radical (unpaired) electrons. The standard InChI is InChI=1S/C15H22N2O3S/c1-20-14-7-6-12(16)8-15(14)21(18,19)17-9-13(10-2-3-10)11-4-5-11/h6-8,10-11,13,17H,2-5,9,16H2,1H3. The van der Waals surface area contributed by atoms with Crippen LogP contribution >= 0.6 is 0 Å². The van der Waals surface area contributed by atoms with Gasteiger partial charge in [0.1, 0.15) is 10.6 Å². The molecule has 116 valence electrons. The third-order valence-corrected chi connectivity index (χ3v) is 5.89. The van der Waals surface area contributed by atoms with Crippen LogP contribution in [0, 0.1) is 17.8 Å². The number of anilines is 1. The van der Waals surface area contributed by atoms with Crippen molar-refractivity contribution in [2.45, 2.75) is 30.6 Å². The smallest absolute Gasteiger partial charge is 0.244 e. The lowest BCUT2D eigenvalue weighted by molar-refractivity contribution is 0.395. The molecule has 6 heteroatoms. The van der Waals surface area contributed by atoms with Crippen molar-refractivity contribution < 1.29 is 13.2 Å². The molecule has 0 amide bonds. The first kappa shape index (κ1) is 14.7. The van der Waals surface area contributed by atoms with E-state index in [1.54, 1.807) is 12.1 Å². The van der Waals surface area contributed by atoms with Gasteiger partial charge in [0, 0.05) is 12.2 Å². The third-order valence-electron chi connectivity index (χ3n) is 4.44. The number of rotatable bonds is 7. The Morgan fingerprint density at radius 3 is 2.43 bits per heavy atom. The van der Waals surface area contributed by atoms with Gasteiger partial charge in [-0.1, -0.05) is 0 Å². The molecule has 0 heterocycles. The van der Waals surface area contributed by atoms with E-state index < -0.39 is 10.0 Å². The molecule has 5 nitrogen and oxygen atoms in total. The van der Waals surface area contributed by atoms with Crippen molar-refractivity contribution in [3.05, 3.63) is 18.2 Å². The summed E-state index contributed by atoms with van der Waals surface area (Å²) in [5, 5.41) is 0. The van der Waals surface area contributed by atoms with Crippen LogP contribution in [0.4, 0.5) is 5.69 Å². The average Bonchev–Trinajstić information content (AvgIpc) is 3.32. The molecule has 0 spiro atoms. The van der Waals surface area contributed by atoms with Gasteiger partial charge in [0.15, 0.2) is 0 Å². The maximum Gasteiger partial charge on any atom is 0.244 e. The molecule has 0 aromatic heterocycles. The van der Waals surface area contributed by atoms with Crippen molar-refractivity contribution in [3.63, 3.8) is 0 Å². The third kappa shape index (κ3) is 3.32. The number of ether oxygens (including phenoxy) is 1. The zero-order chi connectivity index (χ0) is 15.0. The van der Waals surface area contributed by atoms with E-state index in [9.17, 15) is 8.42 Å². The normalized spacial score (nSPS) is 19.0. The van der Waals surface area contributed by atoms with Crippen LogP contribution in [-0.4, -0.2) is 22.1 Å². The first-order chi connectivity index (χ1) is 10.0. The van der Waals surface area contributed by atoms with E-state index in [1.807, 2.05) is 0 Å². The van der Waals surface area contributed by atoms with Crippen LogP contribution in [0.1, 0.15) is 25.7 Å². The Morgan fingerprint density at radius 2 is 1.90 bits per heavy atom. The fourth-order valence-electron chi connectivity index (χ4n) is 2.95. The Morgan fingerprint density at radius 1 is 1.29 bits per heavy atom. The van der Waals surface area contributed by atoms with Crippen LogP contribution in [0.3, 0.4) is 0 Å². The average molecular weight is 310 g/mol. The van der Waals surface area contributed by atoms with Crippen molar-refractivity contribution in [2.24, 2.45) is 17.8 Å². The molecule has 21 heavy (non-hydrogen) atoms. The number of benzene rings is 1. The van der Waals surface area contributed by atoms with Gasteiger partial charge in [-0.25, -0.2) is 13.1 Å². The van der Waals surface area contributed by atoms with Crippen LogP contribution < -0.4 is 15.2 Å². The summed E-state index contributed by atoms with van der Waals surface area (Å²) in [4.78, 5) is 0.121. The summed E-state index contributed by atoms with van der Waals surface area (Å²) >= 11 is 0. The monoisotopic (exact) mass is 310 g/mol. The highest BCUT2D eigenvalue weighted by Crippen LogP contribution is 2.49. The molecule has 2 aliphatic rings. The number of methoxy groups -OCH3 is 1. The van der Waals surface area contributed by atoms with E-state index in [0.29, 0.717) is 35.7 Å². The molecular weight excluding hydrogens is 288 g/mol. The Labute approximate surface area is 125 Å². The summed E-state index contributed by atoms with van der Waals surface area (Å²) in [7, 11) is -2.13. The van der Waals surface area contributed by atoms with Crippen LogP contribution in [0.15, 0.2) is 23.1 Å². The number of sulfonamides is 1. The van der Waals surface area contributed by atoms with Crippen molar-refractivity contribution in [3.8, 4) is 5.75 Å². The number of nitrogens with one attached hydrogen (secondary N) is 1. The van der Waals surface area contributed by atoms with E-state index in [0.717, 1.165) is 0 Å². The van der Waals surface area contributed by atoms with Gasteiger partial charge >= 0.3 is 0 Å². The minimum absolute atomic E-state index is 0.121. The van der Waals surface area contributed by atoms with Crippen molar-refractivity contribution in [2.75, 3.05) is 19.4 Å². The van der Waals surface area contributed by atoms with Gasteiger partial charge in [0.05, 0.1) is 7.11 Å². The Bertz CT molecular complexity index is 610. The summed E-state index contributed by atoms with van der Waals surface area (Å²) in [5.74, 6) is 2.24.